The van der Waals surface area contributed by atoms with Crippen LogP contribution in [-0.2, 0) is 9.53 Å². The van der Waals surface area contributed by atoms with Gasteiger partial charge in [0.1, 0.15) is 5.52 Å². The fraction of sp³-hybridized carbons (Fsp3) is 0.214. The van der Waals surface area contributed by atoms with E-state index in [0.717, 1.165) is 0 Å². The van der Waals surface area contributed by atoms with E-state index >= 15 is 0 Å². The number of pyridine rings is 2. The second-order valence-electron chi connectivity index (χ2n) is 3.90. The van der Waals surface area contributed by atoms with Crippen molar-refractivity contribution in [1.29, 1.82) is 0 Å². The van der Waals surface area contributed by atoms with E-state index in [1.54, 1.807) is 19.1 Å². The predicted octanol–water partition coefficient (Wildman–Crippen LogP) is 2.87. The molecule has 0 spiro atoms. The molecule has 2 aromatic rings. The number of aromatic nitrogens is 2. The van der Waals surface area contributed by atoms with Crippen molar-refractivity contribution in [1.82, 2.24) is 9.97 Å². The molecule has 20 heavy (non-hydrogen) atoms. The van der Waals surface area contributed by atoms with Gasteiger partial charge >= 0.3 is 5.97 Å². The quantitative estimate of drug-likeness (QED) is 0.640. The lowest BCUT2D eigenvalue weighted by atomic mass is 10.1. The standard InChI is InChI=1S/C14H13ClN2O3/c1-4-20-14(18)8(2)12-9(15)7-16-10-5-6-11(19-3)17-13(10)12/h5-7H,2,4H2,1,3H3. The maximum atomic E-state index is 11.8. The zero-order valence-electron chi connectivity index (χ0n) is 11.1. The molecular weight excluding hydrogens is 280 g/mol. The number of carbonyl (C=O) groups is 1. The number of methoxy groups -OCH3 is 1. The van der Waals surface area contributed by atoms with E-state index in [2.05, 4.69) is 16.5 Å². The van der Waals surface area contributed by atoms with E-state index in [1.807, 2.05) is 0 Å². The van der Waals surface area contributed by atoms with Gasteiger partial charge in [0, 0.05) is 17.8 Å². The van der Waals surface area contributed by atoms with E-state index in [-0.39, 0.29) is 17.2 Å². The van der Waals surface area contributed by atoms with Crippen LogP contribution in [0.2, 0.25) is 5.02 Å². The van der Waals surface area contributed by atoms with Crippen LogP contribution in [0.4, 0.5) is 0 Å². The van der Waals surface area contributed by atoms with E-state index in [9.17, 15) is 4.79 Å². The normalized spacial score (nSPS) is 10.3. The van der Waals surface area contributed by atoms with Gasteiger partial charge in [0.2, 0.25) is 5.88 Å². The summed E-state index contributed by atoms with van der Waals surface area (Å²) in [5.41, 5.74) is 1.60. The molecule has 0 unspecified atom stereocenters. The molecule has 0 N–H and O–H groups in total. The monoisotopic (exact) mass is 292 g/mol. The molecule has 0 aliphatic rings. The third-order valence-electron chi connectivity index (χ3n) is 2.67. The van der Waals surface area contributed by atoms with Crippen LogP contribution in [0.25, 0.3) is 16.6 Å². The summed E-state index contributed by atoms with van der Waals surface area (Å²) >= 11 is 6.13. The zero-order chi connectivity index (χ0) is 14.7. The Hall–Kier alpha value is -2.14. The molecule has 2 heterocycles. The fourth-order valence-electron chi connectivity index (χ4n) is 1.75. The van der Waals surface area contributed by atoms with E-state index in [1.165, 1.54) is 13.3 Å². The van der Waals surface area contributed by atoms with Crippen LogP contribution >= 0.6 is 11.6 Å². The molecule has 0 aromatic carbocycles. The molecule has 0 aliphatic heterocycles. The average molecular weight is 293 g/mol. The first-order chi connectivity index (χ1) is 9.58. The van der Waals surface area contributed by atoms with E-state index in [4.69, 9.17) is 21.1 Å². The van der Waals surface area contributed by atoms with Gasteiger partial charge in [-0.3, -0.25) is 4.98 Å². The fourth-order valence-corrected chi connectivity index (χ4v) is 2.00. The van der Waals surface area contributed by atoms with Crippen molar-refractivity contribution in [3.8, 4) is 5.88 Å². The minimum absolute atomic E-state index is 0.144. The number of hydrogen-bond acceptors (Lipinski definition) is 5. The van der Waals surface area contributed by atoms with Crippen LogP contribution in [0.15, 0.2) is 24.9 Å². The SMILES string of the molecule is C=C(C(=O)OCC)c1c(Cl)cnc2ccc(OC)nc12. The number of ether oxygens (including phenoxy) is 2. The van der Waals surface area contributed by atoms with Gasteiger partial charge in [-0.05, 0) is 13.0 Å². The third kappa shape index (κ3) is 2.58. The predicted molar refractivity (Wildman–Crippen MR) is 76.8 cm³/mol. The van der Waals surface area contributed by atoms with Crippen molar-refractivity contribution in [2.24, 2.45) is 0 Å². The van der Waals surface area contributed by atoms with Gasteiger partial charge < -0.3 is 9.47 Å². The highest BCUT2D eigenvalue weighted by Gasteiger charge is 2.19. The lowest BCUT2D eigenvalue weighted by molar-refractivity contribution is -0.136. The third-order valence-corrected chi connectivity index (χ3v) is 2.96. The van der Waals surface area contributed by atoms with Crippen molar-refractivity contribution >= 4 is 34.2 Å². The van der Waals surface area contributed by atoms with Gasteiger partial charge in [0.05, 0.1) is 29.8 Å². The number of hydrogen-bond donors (Lipinski definition) is 0. The van der Waals surface area contributed by atoms with Gasteiger partial charge in [-0.15, -0.1) is 0 Å². The molecule has 0 saturated carbocycles. The van der Waals surface area contributed by atoms with Gasteiger partial charge in [0.15, 0.2) is 0 Å². The summed E-state index contributed by atoms with van der Waals surface area (Å²) < 4.78 is 10.0. The molecule has 0 atom stereocenters. The maximum Gasteiger partial charge on any atom is 0.338 e. The zero-order valence-corrected chi connectivity index (χ0v) is 11.9. The van der Waals surface area contributed by atoms with Crippen molar-refractivity contribution in [3.63, 3.8) is 0 Å². The Kier molecular flexibility index (Phi) is 4.20. The summed E-state index contributed by atoms with van der Waals surface area (Å²) in [6.07, 6.45) is 1.46. The highest BCUT2D eigenvalue weighted by Crippen LogP contribution is 2.30. The van der Waals surface area contributed by atoms with Crippen molar-refractivity contribution in [2.75, 3.05) is 13.7 Å². The lowest BCUT2D eigenvalue weighted by Gasteiger charge is -2.10. The van der Waals surface area contributed by atoms with Gasteiger partial charge in [-0.2, -0.15) is 0 Å². The lowest BCUT2D eigenvalue weighted by Crippen LogP contribution is -2.07. The highest BCUT2D eigenvalue weighted by atomic mass is 35.5. The summed E-state index contributed by atoms with van der Waals surface area (Å²) in [5.74, 6) is -0.133. The second kappa shape index (κ2) is 5.88. The van der Waals surface area contributed by atoms with Crippen LogP contribution in [0.5, 0.6) is 5.88 Å². The molecule has 0 aliphatic carbocycles. The number of halogens is 1. The molecular formula is C14H13ClN2O3. The minimum Gasteiger partial charge on any atom is -0.481 e. The molecule has 2 aromatic heterocycles. The van der Waals surface area contributed by atoms with Crippen LogP contribution < -0.4 is 4.74 Å². The summed E-state index contributed by atoms with van der Waals surface area (Å²) in [7, 11) is 1.51. The molecule has 0 amide bonds. The van der Waals surface area contributed by atoms with Crippen molar-refractivity contribution in [2.45, 2.75) is 6.92 Å². The molecule has 5 nitrogen and oxygen atoms in total. The number of carbonyl (C=O) groups excluding carboxylic acids is 1. The van der Waals surface area contributed by atoms with Gasteiger partial charge in [-0.25, -0.2) is 9.78 Å². The molecule has 0 fully saturated rings. The van der Waals surface area contributed by atoms with Gasteiger partial charge in [0.25, 0.3) is 0 Å². The smallest absolute Gasteiger partial charge is 0.338 e. The second-order valence-corrected chi connectivity index (χ2v) is 4.31. The Bertz CT molecular complexity index is 685. The van der Waals surface area contributed by atoms with Crippen molar-refractivity contribution < 1.29 is 14.3 Å². The van der Waals surface area contributed by atoms with Crippen LogP contribution in [0.3, 0.4) is 0 Å². The number of esters is 1. The molecule has 104 valence electrons. The summed E-state index contributed by atoms with van der Waals surface area (Å²) in [6.45, 7) is 5.72. The highest BCUT2D eigenvalue weighted by molar-refractivity contribution is 6.35. The Balaban J connectivity index is 2.63. The van der Waals surface area contributed by atoms with E-state index < -0.39 is 5.97 Å². The summed E-state index contributed by atoms with van der Waals surface area (Å²) in [5, 5.41) is 0.288. The summed E-state index contributed by atoms with van der Waals surface area (Å²) in [6, 6.07) is 3.42. The molecule has 0 bridgehead atoms. The molecule has 0 saturated heterocycles. The molecule has 6 heteroatoms. The topological polar surface area (TPSA) is 61.3 Å². The van der Waals surface area contributed by atoms with Crippen LogP contribution in [0, 0.1) is 0 Å². The minimum atomic E-state index is -0.536. The largest absolute Gasteiger partial charge is 0.481 e. The number of nitrogens with zero attached hydrogens (tertiary/aromatic N) is 2. The van der Waals surface area contributed by atoms with Crippen LogP contribution in [0.1, 0.15) is 12.5 Å². The maximum absolute atomic E-state index is 11.8. The average Bonchev–Trinajstić information content (AvgIpc) is 2.46. The Morgan fingerprint density at radius 3 is 2.85 bits per heavy atom. The first-order valence-corrected chi connectivity index (χ1v) is 6.32. The summed E-state index contributed by atoms with van der Waals surface area (Å²) in [4.78, 5) is 20.3. The van der Waals surface area contributed by atoms with Crippen molar-refractivity contribution in [3.05, 3.63) is 35.5 Å². The number of fused-ring (bicyclic) bond motifs is 1. The Labute approximate surface area is 121 Å². The van der Waals surface area contributed by atoms with Gasteiger partial charge in [-0.1, -0.05) is 18.2 Å². The van der Waals surface area contributed by atoms with E-state index in [0.29, 0.717) is 22.5 Å². The molecule has 2 rings (SSSR count). The first-order valence-electron chi connectivity index (χ1n) is 5.94. The van der Waals surface area contributed by atoms with Crippen LogP contribution in [-0.4, -0.2) is 29.7 Å². The Morgan fingerprint density at radius 1 is 1.45 bits per heavy atom. The Morgan fingerprint density at radius 2 is 2.20 bits per heavy atom. The first kappa shape index (κ1) is 14.3. The number of rotatable bonds is 4. The molecule has 0 radical (unpaired) electrons.